The van der Waals surface area contributed by atoms with Crippen molar-refractivity contribution in [3.05, 3.63) is 42.4 Å². The van der Waals surface area contributed by atoms with E-state index in [4.69, 9.17) is 4.74 Å². The van der Waals surface area contributed by atoms with E-state index in [9.17, 15) is 4.79 Å². The molecule has 3 rings (SSSR count). The van der Waals surface area contributed by atoms with Crippen molar-refractivity contribution < 1.29 is 9.53 Å². The van der Waals surface area contributed by atoms with E-state index in [0.717, 1.165) is 37.2 Å². The molecule has 0 radical (unpaired) electrons. The second-order valence-electron chi connectivity index (χ2n) is 6.40. The Morgan fingerprint density at radius 1 is 1.27 bits per heavy atom. The monoisotopic (exact) mass is 354 g/mol. The zero-order valence-corrected chi connectivity index (χ0v) is 15.4. The lowest BCUT2D eigenvalue weighted by Crippen LogP contribution is -2.43. The lowest BCUT2D eigenvalue weighted by molar-refractivity contribution is 0.0602. The number of nitrogens with zero attached hydrogens (tertiary/aromatic N) is 3. The third-order valence-electron chi connectivity index (χ3n) is 4.70. The summed E-state index contributed by atoms with van der Waals surface area (Å²) in [5.74, 6) is 1.32. The van der Waals surface area contributed by atoms with Gasteiger partial charge < -0.3 is 15.0 Å². The second-order valence-corrected chi connectivity index (χ2v) is 6.40. The van der Waals surface area contributed by atoms with Gasteiger partial charge >= 0.3 is 0 Å². The first-order valence-corrected chi connectivity index (χ1v) is 9.34. The van der Waals surface area contributed by atoms with E-state index in [1.54, 1.807) is 6.07 Å². The molecular weight excluding hydrogens is 328 g/mol. The van der Waals surface area contributed by atoms with Crippen molar-refractivity contribution in [2.75, 3.05) is 18.5 Å². The summed E-state index contributed by atoms with van der Waals surface area (Å²) >= 11 is 0. The summed E-state index contributed by atoms with van der Waals surface area (Å²) in [6, 6.07) is 9.70. The van der Waals surface area contributed by atoms with Crippen LogP contribution in [-0.4, -0.2) is 40.0 Å². The molecule has 6 nitrogen and oxygen atoms in total. The van der Waals surface area contributed by atoms with Gasteiger partial charge in [-0.2, -0.15) is 0 Å². The zero-order chi connectivity index (χ0) is 18.4. The minimum absolute atomic E-state index is 0.0138. The first-order chi connectivity index (χ1) is 12.7. The summed E-state index contributed by atoms with van der Waals surface area (Å²) in [6.45, 7) is 5.46. The fraction of sp³-hybridized carbons (Fsp3) is 0.450. The average molecular weight is 354 g/mol. The summed E-state index contributed by atoms with van der Waals surface area (Å²) in [4.78, 5) is 23.4. The summed E-state index contributed by atoms with van der Waals surface area (Å²) < 4.78 is 5.63. The van der Waals surface area contributed by atoms with Gasteiger partial charge in [-0.25, -0.2) is 9.97 Å². The number of hydrogen-bond donors (Lipinski definition) is 1. The number of rotatable bonds is 6. The number of para-hydroxylation sites is 2. The molecule has 0 spiro atoms. The van der Waals surface area contributed by atoms with Crippen LogP contribution < -0.4 is 10.1 Å². The number of likely N-dealkylation sites (tertiary alicyclic amines) is 1. The average Bonchev–Trinajstić information content (AvgIpc) is 2.69. The highest BCUT2D eigenvalue weighted by Crippen LogP contribution is 2.27. The third kappa shape index (κ3) is 4.12. The molecule has 1 atom stereocenters. The van der Waals surface area contributed by atoms with E-state index in [-0.39, 0.29) is 5.91 Å². The maximum atomic E-state index is 12.9. The van der Waals surface area contributed by atoms with Gasteiger partial charge in [-0.1, -0.05) is 19.1 Å². The van der Waals surface area contributed by atoms with Crippen LogP contribution in [0.25, 0.3) is 0 Å². The third-order valence-corrected chi connectivity index (χ3v) is 4.70. The number of carbonyl (C=O) groups is 1. The van der Waals surface area contributed by atoms with Crippen molar-refractivity contribution in [3.63, 3.8) is 0 Å². The van der Waals surface area contributed by atoms with Gasteiger partial charge in [0, 0.05) is 18.7 Å². The van der Waals surface area contributed by atoms with Gasteiger partial charge in [0.1, 0.15) is 23.6 Å². The first-order valence-electron chi connectivity index (χ1n) is 9.34. The molecule has 0 bridgehead atoms. The van der Waals surface area contributed by atoms with Crippen molar-refractivity contribution in [1.29, 1.82) is 0 Å². The van der Waals surface area contributed by atoms with E-state index in [0.29, 0.717) is 24.2 Å². The van der Waals surface area contributed by atoms with E-state index < -0.39 is 0 Å². The van der Waals surface area contributed by atoms with Gasteiger partial charge in [-0.15, -0.1) is 0 Å². The number of hydrogen-bond acceptors (Lipinski definition) is 5. The van der Waals surface area contributed by atoms with Crippen LogP contribution in [0.15, 0.2) is 36.7 Å². The Bertz CT molecular complexity index is 750. The molecule has 1 aliphatic heterocycles. The second kappa shape index (κ2) is 8.65. The van der Waals surface area contributed by atoms with Crippen LogP contribution in [0.1, 0.15) is 50.0 Å². The molecule has 1 N–H and O–H groups in total. The molecule has 0 saturated carbocycles. The number of nitrogens with one attached hydrogen (secondary N) is 1. The van der Waals surface area contributed by atoms with Crippen LogP contribution in [-0.2, 0) is 0 Å². The minimum Gasteiger partial charge on any atom is -0.492 e. The fourth-order valence-electron chi connectivity index (χ4n) is 3.37. The van der Waals surface area contributed by atoms with Gasteiger partial charge in [-0.05, 0) is 44.7 Å². The summed E-state index contributed by atoms with van der Waals surface area (Å²) in [7, 11) is 0. The van der Waals surface area contributed by atoms with E-state index in [2.05, 4.69) is 22.2 Å². The van der Waals surface area contributed by atoms with Crippen molar-refractivity contribution in [2.45, 2.75) is 45.6 Å². The summed E-state index contributed by atoms with van der Waals surface area (Å²) in [5, 5.41) is 3.23. The van der Waals surface area contributed by atoms with Crippen LogP contribution in [0.5, 0.6) is 5.75 Å². The first kappa shape index (κ1) is 18.2. The molecule has 2 aromatic rings. The number of aromatic nitrogens is 2. The van der Waals surface area contributed by atoms with Gasteiger partial charge in [-0.3, -0.25) is 4.79 Å². The molecule has 1 aromatic heterocycles. The normalized spacial score (nSPS) is 17.0. The Balaban J connectivity index is 1.79. The number of amides is 1. The molecule has 1 aliphatic rings. The molecule has 1 aromatic carbocycles. The Hall–Kier alpha value is -2.63. The van der Waals surface area contributed by atoms with Gasteiger partial charge in [0.2, 0.25) is 0 Å². The maximum absolute atomic E-state index is 12.9. The molecule has 138 valence electrons. The Morgan fingerprint density at radius 2 is 2.12 bits per heavy atom. The quantitative estimate of drug-likeness (QED) is 0.848. The van der Waals surface area contributed by atoms with Gasteiger partial charge in [0.05, 0.1) is 12.3 Å². The molecule has 6 heteroatoms. The molecule has 26 heavy (non-hydrogen) atoms. The number of ether oxygens (including phenoxy) is 1. The highest BCUT2D eigenvalue weighted by Gasteiger charge is 2.27. The fourth-order valence-corrected chi connectivity index (χ4v) is 3.37. The van der Waals surface area contributed by atoms with Gasteiger partial charge in [0.25, 0.3) is 5.91 Å². The molecule has 2 heterocycles. The van der Waals surface area contributed by atoms with Crippen LogP contribution in [0.2, 0.25) is 0 Å². The highest BCUT2D eigenvalue weighted by molar-refractivity contribution is 5.93. The van der Waals surface area contributed by atoms with Crippen LogP contribution in [0.4, 0.5) is 11.5 Å². The van der Waals surface area contributed by atoms with Crippen molar-refractivity contribution in [3.8, 4) is 5.75 Å². The molecule has 0 aliphatic carbocycles. The number of benzene rings is 1. The smallest absolute Gasteiger partial charge is 0.272 e. The van der Waals surface area contributed by atoms with Crippen LogP contribution >= 0.6 is 0 Å². The van der Waals surface area contributed by atoms with E-state index in [1.807, 2.05) is 36.1 Å². The molecule has 1 amide bonds. The largest absolute Gasteiger partial charge is 0.492 e. The van der Waals surface area contributed by atoms with Crippen LogP contribution in [0.3, 0.4) is 0 Å². The summed E-state index contributed by atoms with van der Waals surface area (Å²) in [6.07, 6.45) is 5.72. The number of carbonyl (C=O) groups excluding carboxylic acids is 1. The van der Waals surface area contributed by atoms with Crippen molar-refractivity contribution >= 4 is 17.4 Å². The standard InChI is InChI=1S/C20H26N4O2/c1-3-15-9-7-8-12-24(15)20(25)17-13-19(22-14-21-17)23-16-10-5-6-11-18(16)26-4-2/h5-6,10-11,13-15H,3-4,7-9,12H2,1-2H3,(H,21,22,23). The van der Waals surface area contributed by atoms with Crippen LogP contribution in [0, 0.1) is 0 Å². The lowest BCUT2D eigenvalue weighted by Gasteiger charge is -2.35. The van der Waals surface area contributed by atoms with Gasteiger partial charge in [0.15, 0.2) is 0 Å². The van der Waals surface area contributed by atoms with Crippen molar-refractivity contribution in [2.24, 2.45) is 0 Å². The maximum Gasteiger partial charge on any atom is 0.272 e. The molecule has 1 saturated heterocycles. The molecule has 1 fully saturated rings. The minimum atomic E-state index is -0.0138. The Labute approximate surface area is 154 Å². The molecular formula is C20H26N4O2. The Morgan fingerprint density at radius 3 is 2.92 bits per heavy atom. The Kier molecular flexibility index (Phi) is 6.04. The topological polar surface area (TPSA) is 67.3 Å². The zero-order valence-electron chi connectivity index (χ0n) is 15.4. The van der Waals surface area contributed by atoms with Crippen molar-refractivity contribution in [1.82, 2.24) is 14.9 Å². The lowest BCUT2D eigenvalue weighted by atomic mass is 9.99. The number of anilines is 2. The SMILES string of the molecule is CCOc1ccccc1Nc1cc(C(=O)N2CCCCC2CC)ncn1. The highest BCUT2D eigenvalue weighted by atomic mass is 16.5. The summed E-state index contributed by atoms with van der Waals surface area (Å²) in [5.41, 5.74) is 1.24. The van der Waals surface area contributed by atoms with E-state index in [1.165, 1.54) is 12.7 Å². The molecule has 1 unspecified atom stereocenters. The predicted octanol–water partition coefficient (Wildman–Crippen LogP) is 4.02. The predicted molar refractivity (Wildman–Crippen MR) is 102 cm³/mol. The number of piperidine rings is 1. The van der Waals surface area contributed by atoms with E-state index >= 15 is 0 Å².